The Morgan fingerprint density at radius 2 is 1.38 bits per heavy atom. The van der Waals surface area contributed by atoms with Crippen LogP contribution in [0.15, 0.2) is 28.7 Å². The topological polar surface area (TPSA) is 34.1 Å². The first-order chi connectivity index (χ1) is 5.79. The Kier molecular flexibility index (Phi) is 6.33. The Hall–Kier alpha value is 0.520. The van der Waals surface area contributed by atoms with E-state index in [4.69, 9.17) is 20.0 Å². The quantitative estimate of drug-likeness (QED) is 0.679. The smallest absolute Gasteiger partial charge is 0.195 e. The summed E-state index contributed by atoms with van der Waals surface area (Å²) in [4.78, 5) is 0. The number of benzene rings is 1. The zero-order valence-corrected chi connectivity index (χ0v) is 10.7. The van der Waals surface area contributed by atoms with Gasteiger partial charge in [0.2, 0.25) is 0 Å². The van der Waals surface area contributed by atoms with Crippen LogP contribution in [0.4, 0.5) is 0 Å². The molecule has 0 bridgehead atoms. The summed E-state index contributed by atoms with van der Waals surface area (Å²) in [7, 11) is 4.81. The van der Waals surface area contributed by atoms with E-state index in [0.29, 0.717) is 0 Å². The molecule has 0 aliphatic carbocycles. The maximum Gasteiger partial charge on any atom is 0.317 e. The molecule has 0 N–H and O–H groups in total. The predicted octanol–water partition coefficient (Wildman–Crippen LogP) is 3.81. The molecule has 0 amide bonds. The molecule has 0 unspecified atom stereocenters. The average molecular weight is 326 g/mol. The molecule has 0 aliphatic heterocycles. The van der Waals surface area contributed by atoms with Gasteiger partial charge in [-0.1, -0.05) is 27.5 Å². The van der Waals surface area contributed by atoms with E-state index in [1.54, 1.807) is 0 Å². The second-order valence-electron chi connectivity index (χ2n) is 1.81. The van der Waals surface area contributed by atoms with Gasteiger partial charge < -0.3 is 0 Å². The highest BCUT2D eigenvalue weighted by Gasteiger charge is 1.88. The molecule has 0 spiro atoms. The van der Waals surface area contributed by atoms with Crippen LogP contribution in [0.2, 0.25) is 5.02 Å². The summed E-state index contributed by atoms with van der Waals surface area (Å²) in [6.07, 6.45) is 0. The van der Waals surface area contributed by atoms with Gasteiger partial charge in [-0.3, -0.25) is 0 Å². The van der Waals surface area contributed by atoms with Gasteiger partial charge in [-0.15, -0.1) is 0 Å². The number of hydrogen-bond acceptors (Lipinski definition) is 2. The minimum atomic E-state index is -3.72. The molecule has 0 fully saturated rings. The van der Waals surface area contributed by atoms with Crippen LogP contribution in [0.3, 0.4) is 0 Å². The van der Waals surface area contributed by atoms with Crippen LogP contribution < -0.4 is 0 Å². The molecule has 2 nitrogen and oxygen atoms in total. The lowest BCUT2D eigenvalue weighted by atomic mass is 10.4. The predicted molar refractivity (Wildman–Crippen MR) is 59.8 cm³/mol. The summed E-state index contributed by atoms with van der Waals surface area (Å²) in [6.45, 7) is 0. The van der Waals surface area contributed by atoms with Crippen molar-refractivity contribution in [2.45, 2.75) is 0 Å². The second kappa shape index (κ2) is 6.09. The zero-order chi connectivity index (χ0) is 10.5. The van der Waals surface area contributed by atoms with Crippen molar-refractivity contribution in [1.29, 1.82) is 0 Å². The number of halogens is 4. The van der Waals surface area contributed by atoms with Crippen molar-refractivity contribution in [3.05, 3.63) is 33.8 Å². The molecule has 1 rings (SSSR count). The fourth-order valence-corrected chi connectivity index (χ4v) is 0.820. The van der Waals surface area contributed by atoms with Gasteiger partial charge >= 0.3 is 8.26 Å². The van der Waals surface area contributed by atoms with Crippen molar-refractivity contribution in [3.8, 4) is 0 Å². The fraction of sp³-hybridized carbons (Fsp3) is 0. The van der Waals surface area contributed by atoms with Gasteiger partial charge in [-0.05, 0) is 24.3 Å². The summed E-state index contributed by atoms with van der Waals surface area (Å²) in [6, 6.07) is 7.49. The van der Waals surface area contributed by atoms with Gasteiger partial charge in [0.05, 0.1) is 0 Å². The molecule has 0 atom stereocenters. The van der Waals surface area contributed by atoms with Crippen LogP contribution in [-0.2, 0) is 8.26 Å². The summed E-state index contributed by atoms with van der Waals surface area (Å²) in [5.74, 6) is 0. The molecule has 0 aromatic heterocycles. The monoisotopic (exact) mass is 324 g/mol. The molecule has 13 heavy (non-hydrogen) atoms. The molecule has 1 aromatic carbocycles. The van der Waals surface area contributed by atoms with Gasteiger partial charge in [0.25, 0.3) is 0 Å². The lowest BCUT2D eigenvalue weighted by Gasteiger charge is -1.86. The summed E-state index contributed by atoms with van der Waals surface area (Å²) in [5, 5.41) is 0.771. The van der Waals surface area contributed by atoms with E-state index in [1.165, 1.54) is 0 Å². The SMILES string of the molecule is Clc1ccc(Br)cc1.O=S(=O)(Cl)Cl. The first-order valence-electron chi connectivity index (χ1n) is 2.84. The molecule has 0 radical (unpaired) electrons. The van der Waals surface area contributed by atoms with E-state index in [-0.39, 0.29) is 0 Å². The molecule has 1 aromatic rings. The molecule has 0 saturated carbocycles. The summed E-state index contributed by atoms with van der Waals surface area (Å²) in [5.41, 5.74) is 0. The van der Waals surface area contributed by atoms with Gasteiger partial charge in [-0.25, -0.2) is 0 Å². The third-order valence-corrected chi connectivity index (χ3v) is 1.58. The number of rotatable bonds is 0. The average Bonchev–Trinajstić information content (AvgIpc) is 1.92. The number of hydrogen-bond donors (Lipinski definition) is 0. The molecule has 0 aliphatic rings. The standard InChI is InChI=1S/C6H4BrCl.Cl2O2S/c7-5-1-3-6(8)4-2-5;1-5(2,3)4/h1-4H;. The van der Waals surface area contributed by atoms with Crippen molar-refractivity contribution in [3.63, 3.8) is 0 Å². The van der Waals surface area contributed by atoms with Crippen molar-refractivity contribution < 1.29 is 8.42 Å². The summed E-state index contributed by atoms with van der Waals surface area (Å²) < 4.78 is 19.4. The largest absolute Gasteiger partial charge is 0.317 e. The van der Waals surface area contributed by atoms with E-state index < -0.39 is 8.26 Å². The van der Waals surface area contributed by atoms with Crippen LogP contribution in [0.25, 0.3) is 0 Å². The lowest BCUT2D eigenvalue weighted by Crippen LogP contribution is -1.63. The van der Waals surface area contributed by atoms with Gasteiger partial charge in [-0.2, -0.15) is 8.42 Å². The minimum Gasteiger partial charge on any atom is -0.195 e. The van der Waals surface area contributed by atoms with Crippen LogP contribution in [-0.4, -0.2) is 8.42 Å². The van der Waals surface area contributed by atoms with Gasteiger partial charge in [0.1, 0.15) is 0 Å². The van der Waals surface area contributed by atoms with Crippen molar-refractivity contribution in [1.82, 2.24) is 0 Å². The van der Waals surface area contributed by atoms with Crippen LogP contribution in [0.5, 0.6) is 0 Å². The molecule has 0 saturated heterocycles. The molecule has 7 heteroatoms. The maximum atomic E-state index is 9.16. The molecular weight excluding hydrogens is 322 g/mol. The van der Waals surface area contributed by atoms with E-state index in [9.17, 15) is 0 Å². The van der Waals surface area contributed by atoms with Crippen molar-refractivity contribution in [2.75, 3.05) is 0 Å². The fourth-order valence-electron chi connectivity index (χ4n) is 0.430. The highest BCUT2D eigenvalue weighted by molar-refractivity contribution is 9.10. The van der Waals surface area contributed by atoms with Crippen molar-refractivity contribution in [2.24, 2.45) is 0 Å². The normalized spacial score (nSPS) is 10.2. The molecule has 74 valence electrons. The third kappa shape index (κ3) is 12.5. The summed E-state index contributed by atoms with van der Waals surface area (Å²) >= 11 is 8.88. The molecule has 0 heterocycles. The van der Waals surface area contributed by atoms with Crippen molar-refractivity contribution >= 4 is 57.2 Å². The van der Waals surface area contributed by atoms with E-state index in [0.717, 1.165) is 9.50 Å². The lowest BCUT2D eigenvalue weighted by molar-refractivity contribution is 0.621. The van der Waals surface area contributed by atoms with E-state index >= 15 is 0 Å². The zero-order valence-electron chi connectivity index (χ0n) is 6.05. The highest BCUT2D eigenvalue weighted by atomic mass is 79.9. The van der Waals surface area contributed by atoms with E-state index in [1.807, 2.05) is 24.3 Å². The van der Waals surface area contributed by atoms with Crippen LogP contribution in [0.1, 0.15) is 0 Å². The Labute approximate surface area is 98.8 Å². The van der Waals surface area contributed by atoms with Gasteiger partial charge in [0, 0.05) is 30.9 Å². The van der Waals surface area contributed by atoms with Crippen LogP contribution >= 0.6 is 48.9 Å². The molecular formula is C6H4BrCl3O2S. The Morgan fingerprint density at radius 1 is 1.08 bits per heavy atom. The third-order valence-electron chi connectivity index (χ3n) is 0.804. The van der Waals surface area contributed by atoms with Crippen LogP contribution in [0, 0.1) is 0 Å². The first kappa shape index (κ1) is 13.5. The second-order valence-corrected chi connectivity index (χ2v) is 6.84. The Balaban J connectivity index is 0.000000252. The first-order valence-corrected chi connectivity index (χ1v) is 7.15. The Morgan fingerprint density at radius 3 is 1.62 bits per heavy atom. The minimum absolute atomic E-state index is 0.771. The van der Waals surface area contributed by atoms with Gasteiger partial charge in [0.15, 0.2) is 0 Å². The highest BCUT2D eigenvalue weighted by Crippen LogP contribution is 2.13. The Bertz CT molecular complexity index is 320. The van der Waals surface area contributed by atoms with E-state index in [2.05, 4.69) is 37.3 Å². The maximum absolute atomic E-state index is 9.16.